The fourth-order valence-electron chi connectivity index (χ4n) is 3.07. The van der Waals surface area contributed by atoms with E-state index in [1.807, 2.05) is 42.5 Å². The smallest absolute Gasteiger partial charge is 0.336 e. The Morgan fingerprint density at radius 2 is 1.60 bits per heavy atom. The maximum atomic E-state index is 11.5. The molecule has 0 saturated carbocycles. The molecule has 1 aliphatic carbocycles. The molecule has 0 unspecified atom stereocenters. The van der Waals surface area contributed by atoms with E-state index in [2.05, 4.69) is 0 Å². The second-order valence-electron chi connectivity index (χ2n) is 4.90. The van der Waals surface area contributed by atoms with E-state index >= 15 is 0 Å². The molecule has 0 heterocycles. The second kappa shape index (κ2) is 3.61. The zero-order chi connectivity index (χ0) is 13.9. The number of fused-ring (bicyclic) bond motifs is 3. The third-order valence-corrected chi connectivity index (χ3v) is 3.86. The molecule has 20 heavy (non-hydrogen) atoms. The molecule has 96 valence electrons. The van der Waals surface area contributed by atoms with E-state index in [9.17, 15) is 15.0 Å². The highest BCUT2D eigenvalue weighted by atomic mass is 16.4. The average Bonchev–Trinajstić information content (AvgIpc) is 2.79. The van der Waals surface area contributed by atoms with Crippen molar-refractivity contribution in [1.82, 2.24) is 0 Å². The van der Waals surface area contributed by atoms with Gasteiger partial charge in [-0.3, -0.25) is 0 Å². The Kier molecular flexibility index (Phi) is 1.99. The Morgan fingerprint density at radius 3 is 2.35 bits per heavy atom. The Bertz CT molecular complexity index is 894. The van der Waals surface area contributed by atoms with Crippen molar-refractivity contribution in [1.29, 1.82) is 0 Å². The zero-order valence-electron chi connectivity index (χ0n) is 10.4. The topological polar surface area (TPSA) is 57.5 Å². The van der Waals surface area contributed by atoms with Gasteiger partial charge in [-0.25, -0.2) is 4.79 Å². The molecule has 0 amide bonds. The minimum atomic E-state index is -1.02. The number of aromatic carboxylic acids is 1. The van der Waals surface area contributed by atoms with Crippen LogP contribution in [0, 0.1) is 0 Å². The van der Waals surface area contributed by atoms with E-state index in [0.717, 1.165) is 22.1 Å². The second-order valence-corrected chi connectivity index (χ2v) is 4.90. The summed E-state index contributed by atoms with van der Waals surface area (Å²) >= 11 is 0. The van der Waals surface area contributed by atoms with E-state index in [0.29, 0.717) is 10.9 Å². The predicted molar refractivity (Wildman–Crippen MR) is 77.0 cm³/mol. The lowest BCUT2D eigenvalue weighted by molar-refractivity contribution is 0.0697. The van der Waals surface area contributed by atoms with Crippen LogP contribution in [0.15, 0.2) is 48.5 Å². The van der Waals surface area contributed by atoms with E-state index in [1.54, 1.807) is 0 Å². The summed E-state index contributed by atoms with van der Waals surface area (Å²) in [5.74, 6) is -1.01. The maximum absolute atomic E-state index is 11.5. The van der Waals surface area contributed by atoms with Gasteiger partial charge in [-0.15, -0.1) is 0 Å². The first-order valence-electron chi connectivity index (χ1n) is 6.30. The van der Waals surface area contributed by atoms with Crippen molar-refractivity contribution in [3.05, 3.63) is 54.1 Å². The number of aromatic hydroxyl groups is 1. The molecule has 4 rings (SSSR count). The number of phenols is 1. The van der Waals surface area contributed by atoms with Gasteiger partial charge in [0.2, 0.25) is 0 Å². The SMILES string of the molecule is O=C(O)c1cc(O)c2cccc3c2c1-c1ccccc1-3. The summed E-state index contributed by atoms with van der Waals surface area (Å²) < 4.78 is 0. The maximum Gasteiger partial charge on any atom is 0.336 e. The minimum absolute atomic E-state index is 0.0100. The van der Waals surface area contributed by atoms with Crippen molar-refractivity contribution in [3.63, 3.8) is 0 Å². The van der Waals surface area contributed by atoms with Gasteiger partial charge < -0.3 is 10.2 Å². The number of hydrogen-bond donors (Lipinski definition) is 2. The summed E-state index contributed by atoms with van der Waals surface area (Å²) in [5, 5.41) is 21.0. The van der Waals surface area contributed by atoms with Crippen LogP contribution in [0.4, 0.5) is 0 Å². The molecule has 0 fully saturated rings. The van der Waals surface area contributed by atoms with Crippen LogP contribution in [0.2, 0.25) is 0 Å². The van der Waals surface area contributed by atoms with Crippen LogP contribution in [-0.4, -0.2) is 16.2 Å². The number of hydrogen-bond acceptors (Lipinski definition) is 2. The molecule has 3 aromatic rings. The van der Waals surface area contributed by atoms with E-state index in [-0.39, 0.29) is 11.3 Å². The normalized spacial score (nSPS) is 11.6. The summed E-state index contributed by atoms with van der Waals surface area (Å²) in [6.45, 7) is 0. The molecular weight excluding hydrogens is 252 g/mol. The number of benzene rings is 3. The monoisotopic (exact) mass is 262 g/mol. The predicted octanol–water partition coefficient (Wildman–Crippen LogP) is 3.89. The molecule has 0 atom stereocenters. The lowest BCUT2D eigenvalue weighted by Crippen LogP contribution is -1.99. The molecule has 0 aliphatic heterocycles. The van der Waals surface area contributed by atoms with Crippen molar-refractivity contribution in [2.45, 2.75) is 0 Å². The van der Waals surface area contributed by atoms with Crippen molar-refractivity contribution >= 4 is 16.7 Å². The molecule has 3 nitrogen and oxygen atoms in total. The third kappa shape index (κ3) is 1.21. The standard InChI is InChI=1S/C17H10O3/c18-14-8-13(17(19)20)16-10-5-2-1-4-9(10)11-6-3-7-12(14)15(11)16/h1-8,18H,(H,19,20). The lowest BCUT2D eigenvalue weighted by Gasteiger charge is -2.08. The van der Waals surface area contributed by atoms with Gasteiger partial charge in [0.1, 0.15) is 5.75 Å². The molecule has 3 heteroatoms. The van der Waals surface area contributed by atoms with Gasteiger partial charge in [0.05, 0.1) is 5.56 Å². The fourth-order valence-corrected chi connectivity index (χ4v) is 3.07. The molecule has 0 bridgehead atoms. The molecular formula is C17H10O3. The Hall–Kier alpha value is -2.81. The van der Waals surface area contributed by atoms with Gasteiger partial charge in [0, 0.05) is 16.3 Å². The highest BCUT2D eigenvalue weighted by Gasteiger charge is 2.27. The molecule has 0 saturated heterocycles. The van der Waals surface area contributed by atoms with Crippen LogP contribution in [0.25, 0.3) is 33.0 Å². The Morgan fingerprint density at radius 1 is 0.900 bits per heavy atom. The number of carbonyl (C=O) groups is 1. The Balaban J connectivity index is 2.30. The summed E-state index contributed by atoms with van der Waals surface area (Å²) in [7, 11) is 0. The molecule has 3 aromatic carbocycles. The summed E-state index contributed by atoms with van der Waals surface area (Å²) in [6.07, 6.45) is 0. The average molecular weight is 262 g/mol. The zero-order valence-corrected chi connectivity index (χ0v) is 10.4. The summed E-state index contributed by atoms with van der Waals surface area (Å²) in [5.41, 5.74) is 3.76. The number of carboxylic acids is 1. The van der Waals surface area contributed by atoms with E-state index in [1.165, 1.54) is 6.07 Å². The molecule has 0 spiro atoms. The van der Waals surface area contributed by atoms with Crippen LogP contribution in [0.1, 0.15) is 10.4 Å². The van der Waals surface area contributed by atoms with Gasteiger partial charge in [-0.2, -0.15) is 0 Å². The third-order valence-electron chi connectivity index (χ3n) is 3.86. The van der Waals surface area contributed by atoms with Crippen LogP contribution >= 0.6 is 0 Å². The van der Waals surface area contributed by atoms with Crippen molar-refractivity contribution in [2.24, 2.45) is 0 Å². The minimum Gasteiger partial charge on any atom is -0.507 e. The molecule has 0 aromatic heterocycles. The fraction of sp³-hybridized carbons (Fsp3) is 0. The van der Waals surface area contributed by atoms with Crippen LogP contribution in [0.5, 0.6) is 5.75 Å². The van der Waals surface area contributed by atoms with Crippen LogP contribution < -0.4 is 0 Å². The van der Waals surface area contributed by atoms with Gasteiger partial charge in [-0.05, 0) is 22.8 Å². The summed E-state index contributed by atoms with van der Waals surface area (Å²) in [6, 6.07) is 14.7. The molecule has 1 aliphatic rings. The largest absolute Gasteiger partial charge is 0.507 e. The molecule has 2 N–H and O–H groups in total. The highest BCUT2D eigenvalue weighted by Crippen LogP contribution is 2.50. The van der Waals surface area contributed by atoms with Crippen LogP contribution in [0.3, 0.4) is 0 Å². The highest BCUT2D eigenvalue weighted by molar-refractivity contribution is 6.21. The lowest BCUT2D eigenvalue weighted by atomic mass is 9.97. The van der Waals surface area contributed by atoms with Gasteiger partial charge in [0.25, 0.3) is 0 Å². The number of carboxylic acid groups (broad SMARTS) is 1. The van der Waals surface area contributed by atoms with Gasteiger partial charge >= 0.3 is 5.97 Å². The van der Waals surface area contributed by atoms with Crippen LogP contribution in [-0.2, 0) is 0 Å². The first-order valence-corrected chi connectivity index (χ1v) is 6.30. The quantitative estimate of drug-likeness (QED) is 0.547. The van der Waals surface area contributed by atoms with Gasteiger partial charge in [0.15, 0.2) is 0 Å². The first kappa shape index (κ1) is 11.1. The van der Waals surface area contributed by atoms with Crippen molar-refractivity contribution in [2.75, 3.05) is 0 Å². The van der Waals surface area contributed by atoms with E-state index in [4.69, 9.17) is 0 Å². The van der Waals surface area contributed by atoms with E-state index < -0.39 is 5.97 Å². The van der Waals surface area contributed by atoms with Crippen molar-refractivity contribution < 1.29 is 15.0 Å². The Labute approximate surface area is 114 Å². The first-order chi connectivity index (χ1) is 9.68. The molecule has 0 radical (unpaired) electrons. The van der Waals surface area contributed by atoms with Crippen molar-refractivity contribution in [3.8, 4) is 28.0 Å². The summed E-state index contributed by atoms with van der Waals surface area (Å²) in [4.78, 5) is 11.5. The number of phenolic OH excluding ortho intramolecular Hbond substituents is 1. The van der Waals surface area contributed by atoms with Gasteiger partial charge in [-0.1, -0.05) is 42.5 Å². The number of rotatable bonds is 1.